The number of hydrogen-bond donors (Lipinski definition) is 2. The van der Waals surface area contributed by atoms with Crippen molar-refractivity contribution in [1.29, 1.82) is 0 Å². The van der Waals surface area contributed by atoms with E-state index in [-0.39, 0.29) is 34.6 Å². The predicted octanol–water partition coefficient (Wildman–Crippen LogP) is 2.82. The normalized spacial score (nSPS) is 15.1. The first kappa shape index (κ1) is 25.1. The third-order valence-electron chi connectivity index (χ3n) is 5.14. The molecule has 12 heteroatoms. The number of sulfonamides is 2. The van der Waals surface area contributed by atoms with Crippen LogP contribution in [0.15, 0.2) is 47.4 Å². The number of nitro benzene ring substituents is 1. The molecule has 1 fully saturated rings. The number of rotatable bonds is 10. The Bertz CT molecular complexity index is 1210. The van der Waals surface area contributed by atoms with Crippen LogP contribution >= 0.6 is 0 Å². The molecular formula is C21H28N4O6S2. The first-order chi connectivity index (χ1) is 15.5. The highest BCUT2D eigenvalue weighted by Gasteiger charge is 2.31. The molecule has 1 saturated heterocycles. The van der Waals surface area contributed by atoms with E-state index in [0.29, 0.717) is 18.7 Å². The molecule has 0 bridgehead atoms. The molecule has 0 amide bonds. The van der Waals surface area contributed by atoms with Gasteiger partial charge in [0.25, 0.3) is 5.69 Å². The number of nitrogens with zero attached hydrogens (tertiary/aromatic N) is 2. The van der Waals surface area contributed by atoms with E-state index in [1.54, 1.807) is 38.1 Å². The second kappa shape index (κ2) is 10.2. The van der Waals surface area contributed by atoms with Gasteiger partial charge in [0, 0.05) is 37.8 Å². The van der Waals surface area contributed by atoms with Crippen molar-refractivity contribution in [1.82, 2.24) is 9.03 Å². The van der Waals surface area contributed by atoms with E-state index >= 15 is 0 Å². The molecule has 2 aromatic rings. The first-order valence-corrected chi connectivity index (χ1v) is 13.7. The maximum absolute atomic E-state index is 13.1. The number of nitro groups is 1. The smallest absolute Gasteiger partial charge is 0.270 e. The lowest BCUT2D eigenvalue weighted by Gasteiger charge is -2.19. The Morgan fingerprint density at radius 2 is 1.61 bits per heavy atom. The van der Waals surface area contributed by atoms with E-state index in [0.717, 1.165) is 24.5 Å². The van der Waals surface area contributed by atoms with Crippen LogP contribution in [0.4, 0.5) is 11.4 Å². The van der Waals surface area contributed by atoms with Crippen LogP contribution in [-0.2, 0) is 32.3 Å². The number of anilines is 1. The van der Waals surface area contributed by atoms with Gasteiger partial charge < -0.3 is 5.32 Å². The molecule has 1 aliphatic rings. The number of nitrogens with one attached hydrogen (secondary N) is 2. The highest BCUT2D eigenvalue weighted by atomic mass is 32.2. The summed E-state index contributed by atoms with van der Waals surface area (Å²) < 4.78 is 54.3. The lowest BCUT2D eigenvalue weighted by atomic mass is 10.1. The Kier molecular flexibility index (Phi) is 7.73. The minimum absolute atomic E-state index is 0.124. The van der Waals surface area contributed by atoms with Crippen LogP contribution in [0.5, 0.6) is 0 Å². The standard InChI is InChI=1S/C21H28N4O6S2/c1-16(2)23-32(28,29)15-18-7-5-17(6-8-18)14-22-20-10-9-19(25(26)27)13-21(20)33(30,31)24-11-3-4-12-24/h5-10,13,16,22-23H,3-4,11-12,14-15H2,1-2H3. The third-order valence-corrected chi connectivity index (χ3v) is 8.62. The van der Waals surface area contributed by atoms with Gasteiger partial charge >= 0.3 is 0 Å². The topological polar surface area (TPSA) is 139 Å². The van der Waals surface area contributed by atoms with Crippen LogP contribution in [-0.4, -0.2) is 45.2 Å². The summed E-state index contributed by atoms with van der Waals surface area (Å²) in [7, 11) is -7.31. The minimum atomic E-state index is -3.87. The number of hydrogen-bond acceptors (Lipinski definition) is 7. The lowest BCUT2D eigenvalue weighted by Crippen LogP contribution is -2.31. The van der Waals surface area contributed by atoms with Gasteiger partial charge in [0.15, 0.2) is 0 Å². The molecule has 0 aromatic heterocycles. The summed E-state index contributed by atoms with van der Waals surface area (Å²) in [4.78, 5) is 10.5. The molecule has 33 heavy (non-hydrogen) atoms. The molecule has 0 saturated carbocycles. The monoisotopic (exact) mass is 496 g/mol. The van der Waals surface area contributed by atoms with Crippen molar-refractivity contribution in [3.05, 3.63) is 63.7 Å². The van der Waals surface area contributed by atoms with Crippen molar-refractivity contribution >= 4 is 31.4 Å². The van der Waals surface area contributed by atoms with Gasteiger partial charge in [-0.3, -0.25) is 10.1 Å². The predicted molar refractivity (Wildman–Crippen MR) is 126 cm³/mol. The van der Waals surface area contributed by atoms with Gasteiger partial charge in [0.1, 0.15) is 4.90 Å². The molecule has 0 atom stereocenters. The van der Waals surface area contributed by atoms with Gasteiger partial charge in [0.05, 0.1) is 16.4 Å². The van der Waals surface area contributed by atoms with Crippen LogP contribution in [0.25, 0.3) is 0 Å². The Hall–Kier alpha value is -2.54. The average molecular weight is 497 g/mol. The Morgan fingerprint density at radius 1 is 1.00 bits per heavy atom. The van der Waals surface area contributed by atoms with E-state index in [1.165, 1.54) is 16.4 Å². The highest BCUT2D eigenvalue weighted by molar-refractivity contribution is 7.89. The first-order valence-electron chi connectivity index (χ1n) is 10.6. The molecule has 1 heterocycles. The van der Waals surface area contributed by atoms with Crippen molar-refractivity contribution in [2.24, 2.45) is 0 Å². The van der Waals surface area contributed by atoms with Crippen LogP contribution in [0.1, 0.15) is 37.8 Å². The fourth-order valence-electron chi connectivity index (χ4n) is 3.62. The van der Waals surface area contributed by atoms with E-state index in [4.69, 9.17) is 0 Å². The molecule has 0 radical (unpaired) electrons. The highest BCUT2D eigenvalue weighted by Crippen LogP contribution is 2.31. The van der Waals surface area contributed by atoms with Crippen molar-refractivity contribution in [2.75, 3.05) is 18.4 Å². The zero-order chi connectivity index (χ0) is 24.2. The van der Waals surface area contributed by atoms with Gasteiger partial charge in [-0.2, -0.15) is 4.31 Å². The van der Waals surface area contributed by atoms with Gasteiger partial charge in [-0.15, -0.1) is 0 Å². The molecule has 3 rings (SSSR count). The SMILES string of the molecule is CC(C)NS(=O)(=O)Cc1ccc(CNc2ccc([N+](=O)[O-])cc2S(=O)(=O)N2CCCC2)cc1. The van der Waals surface area contributed by atoms with Crippen LogP contribution < -0.4 is 10.0 Å². The summed E-state index contributed by atoms with van der Waals surface area (Å²) in [6.07, 6.45) is 1.51. The van der Waals surface area contributed by atoms with Crippen LogP contribution in [0.3, 0.4) is 0 Å². The minimum Gasteiger partial charge on any atom is -0.380 e. The molecule has 0 spiro atoms. The number of non-ortho nitro benzene ring substituents is 1. The Morgan fingerprint density at radius 3 is 2.18 bits per heavy atom. The van der Waals surface area contributed by atoms with E-state index in [1.807, 2.05) is 0 Å². The fraction of sp³-hybridized carbons (Fsp3) is 0.429. The van der Waals surface area contributed by atoms with Crippen LogP contribution in [0, 0.1) is 10.1 Å². The summed E-state index contributed by atoms with van der Waals surface area (Å²) in [6.45, 7) is 4.55. The maximum Gasteiger partial charge on any atom is 0.270 e. The van der Waals surface area contributed by atoms with E-state index in [9.17, 15) is 26.9 Å². The van der Waals surface area contributed by atoms with Crippen molar-refractivity contribution < 1.29 is 21.8 Å². The summed E-state index contributed by atoms with van der Waals surface area (Å²) in [5.41, 5.74) is 1.41. The van der Waals surface area contributed by atoms with E-state index < -0.39 is 25.0 Å². The van der Waals surface area contributed by atoms with Crippen molar-refractivity contribution in [2.45, 2.75) is 49.9 Å². The summed E-state index contributed by atoms with van der Waals surface area (Å²) in [6, 6.07) is 10.5. The van der Waals surface area contributed by atoms with Crippen molar-refractivity contribution in [3.63, 3.8) is 0 Å². The molecular weight excluding hydrogens is 468 g/mol. The molecule has 0 unspecified atom stereocenters. The van der Waals surface area contributed by atoms with Crippen LogP contribution in [0.2, 0.25) is 0 Å². The van der Waals surface area contributed by atoms with Gasteiger partial charge in [-0.25, -0.2) is 21.6 Å². The largest absolute Gasteiger partial charge is 0.380 e. The third kappa shape index (κ3) is 6.50. The average Bonchev–Trinajstić information content (AvgIpc) is 3.27. The Balaban J connectivity index is 1.78. The molecule has 1 aliphatic heterocycles. The quantitative estimate of drug-likeness (QED) is 0.381. The molecule has 2 aromatic carbocycles. The second-order valence-electron chi connectivity index (χ2n) is 8.25. The lowest BCUT2D eigenvalue weighted by molar-refractivity contribution is -0.385. The van der Waals surface area contributed by atoms with Gasteiger partial charge in [-0.1, -0.05) is 24.3 Å². The molecule has 10 nitrogen and oxygen atoms in total. The zero-order valence-electron chi connectivity index (χ0n) is 18.5. The molecule has 2 N–H and O–H groups in total. The summed E-state index contributed by atoms with van der Waals surface area (Å²) in [5, 5.41) is 14.3. The van der Waals surface area contributed by atoms with Gasteiger partial charge in [0.2, 0.25) is 20.0 Å². The maximum atomic E-state index is 13.1. The van der Waals surface area contributed by atoms with E-state index in [2.05, 4.69) is 10.0 Å². The van der Waals surface area contributed by atoms with Crippen molar-refractivity contribution in [3.8, 4) is 0 Å². The zero-order valence-corrected chi connectivity index (χ0v) is 20.2. The summed E-state index contributed by atoms with van der Waals surface area (Å²) >= 11 is 0. The van der Waals surface area contributed by atoms with Gasteiger partial charge in [-0.05, 0) is 43.9 Å². The molecule has 0 aliphatic carbocycles. The number of benzene rings is 2. The summed E-state index contributed by atoms with van der Waals surface area (Å²) in [5.74, 6) is -0.139. The molecule has 180 valence electrons. The fourth-order valence-corrected chi connectivity index (χ4v) is 6.76. The second-order valence-corrected chi connectivity index (χ2v) is 11.9. The Labute approximate surface area is 194 Å².